The number of hydrogen-bond donors (Lipinski definition) is 1. The fourth-order valence-corrected chi connectivity index (χ4v) is 3.04. The van der Waals surface area contributed by atoms with Gasteiger partial charge in [0.2, 0.25) is 5.91 Å². The second-order valence-corrected chi connectivity index (χ2v) is 6.53. The zero-order valence-corrected chi connectivity index (χ0v) is 15.8. The average Bonchev–Trinajstić information content (AvgIpc) is 3.38. The molecule has 0 aliphatic carbocycles. The maximum Gasteiger partial charge on any atom is 0.332 e. The molecule has 0 spiro atoms. The number of pyridine rings is 1. The summed E-state index contributed by atoms with van der Waals surface area (Å²) in [4.78, 5) is 49.8. The lowest BCUT2D eigenvalue weighted by atomic mass is 10.2. The smallest absolute Gasteiger partial charge is 0.332 e. The summed E-state index contributed by atoms with van der Waals surface area (Å²) < 4.78 is 5.44. The summed E-state index contributed by atoms with van der Waals surface area (Å²) >= 11 is 0. The largest absolute Gasteiger partial charge is 0.350 e. The SMILES string of the molecule is Cn1cnc2c1c(=O)n(CC(=O)NCc1ccnc(-n3ccnc3)c1)c(=O)n2C. The monoisotopic (exact) mass is 394 g/mol. The van der Waals surface area contributed by atoms with Crippen molar-refractivity contribution in [2.75, 3.05) is 0 Å². The lowest BCUT2D eigenvalue weighted by molar-refractivity contribution is -0.121. The topological polar surface area (TPSA) is 122 Å². The molecule has 0 unspecified atom stereocenters. The Morgan fingerprint density at radius 2 is 1.97 bits per heavy atom. The van der Waals surface area contributed by atoms with Crippen molar-refractivity contribution in [3.05, 3.63) is 69.8 Å². The van der Waals surface area contributed by atoms with Crippen LogP contribution in [-0.2, 0) is 32.0 Å². The Morgan fingerprint density at radius 1 is 1.14 bits per heavy atom. The molecule has 11 nitrogen and oxygen atoms in total. The summed E-state index contributed by atoms with van der Waals surface area (Å²) in [7, 11) is 3.17. The summed E-state index contributed by atoms with van der Waals surface area (Å²) in [6.07, 6.45) is 8.13. The maximum atomic E-state index is 12.7. The number of aromatic nitrogens is 7. The van der Waals surface area contributed by atoms with Gasteiger partial charge in [-0.2, -0.15) is 0 Å². The first-order valence-corrected chi connectivity index (χ1v) is 8.76. The third-order valence-corrected chi connectivity index (χ3v) is 4.57. The molecule has 4 aromatic heterocycles. The van der Waals surface area contributed by atoms with Crippen molar-refractivity contribution in [2.24, 2.45) is 14.1 Å². The molecule has 0 atom stereocenters. The van der Waals surface area contributed by atoms with Gasteiger partial charge in [-0.15, -0.1) is 0 Å². The number of rotatable bonds is 5. The van der Waals surface area contributed by atoms with Crippen molar-refractivity contribution in [2.45, 2.75) is 13.1 Å². The zero-order chi connectivity index (χ0) is 20.5. The molecule has 4 aromatic rings. The molecule has 0 aromatic carbocycles. The Morgan fingerprint density at radius 3 is 2.72 bits per heavy atom. The van der Waals surface area contributed by atoms with Crippen LogP contribution in [0.25, 0.3) is 17.0 Å². The van der Waals surface area contributed by atoms with Gasteiger partial charge >= 0.3 is 5.69 Å². The van der Waals surface area contributed by atoms with Crippen LogP contribution in [0, 0.1) is 0 Å². The van der Waals surface area contributed by atoms with E-state index < -0.39 is 17.2 Å². The predicted octanol–water partition coefficient (Wildman–Crippen LogP) is -0.669. The van der Waals surface area contributed by atoms with Gasteiger partial charge in [0.1, 0.15) is 18.7 Å². The number of imidazole rings is 2. The molecule has 1 amide bonds. The summed E-state index contributed by atoms with van der Waals surface area (Å²) in [5.74, 6) is 0.215. The summed E-state index contributed by atoms with van der Waals surface area (Å²) in [5.41, 5.74) is 0.216. The first-order chi connectivity index (χ1) is 14.0. The van der Waals surface area contributed by atoms with E-state index in [1.807, 2.05) is 6.07 Å². The molecule has 0 bridgehead atoms. The Labute approximate surface area is 163 Å². The highest BCUT2D eigenvalue weighted by molar-refractivity contribution is 5.76. The zero-order valence-electron chi connectivity index (χ0n) is 15.8. The van der Waals surface area contributed by atoms with Gasteiger partial charge in [-0.25, -0.2) is 24.3 Å². The van der Waals surface area contributed by atoms with Crippen LogP contribution in [0.5, 0.6) is 0 Å². The van der Waals surface area contributed by atoms with Crippen molar-refractivity contribution in [3.8, 4) is 5.82 Å². The van der Waals surface area contributed by atoms with Crippen LogP contribution in [0.3, 0.4) is 0 Å². The molecule has 0 saturated heterocycles. The molecule has 0 aliphatic heterocycles. The molecule has 4 heterocycles. The molecule has 148 valence electrons. The average molecular weight is 394 g/mol. The number of nitrogens with one attached hydrogen (secondary N) is 1. The van der Waals surface area contributed by atoms with Gasteiger partial charge < -0.3 is 9.88 Å². The molecule has 0 saturated carbocycles. The van der Waals surface area contributed by atoms with E-state index >= 15 is 0 Å². The maximum absolute atomic E-state index is 12.7. The van der Waals surface area contributed by atoms with Crippen LogP contribution in [0.1, 0.15) is 5.56 Å². The Kier molecular flexibility index (Phi) is 4.55. The van der Waals surface area contributed by atoms with Crippen LogP contribution in [0.2, 0.25) is 0 Å². The van der Waals surface area contributed by atoms with E-state index in [2.05, 4.69) is 20.3 Å². The van der Waals surface area contributed by atoms with Crippen LogP contribution >= 0.6 is 0 Å². The van der Waals surface area contributed by atoms with Crippen molar-refractivity contribution in [3.63, 3.8) is 0 Å². The fraction of sp³-hybridized carbons (Fsp3) is 0.222. The Bertz CT molecular complexity index is 1310. The molecular formula is C18H18N8O3. The minimum atomic E-state index is -0.595. The predicted molar refractivity (Wildman–Crippen MR) is 103 cm³/mol. The lowest BCUT2D eigenvalue weighted by Gasteiger charge is -2.10. The highest BCUT2D eigenvalue weighted by atomic mass is 16.2. The molecule has 0 fully saturated rings. The third kappa shape index (κ3) is 3.33. The number of hydrogen-bond acceptors (Lipinski definition) is 6. The first kappa shape index (κ1) is 18.3. The van der Waals surface area contributed by atoms with Crippen LogP contribution in [-0.4, -0.2) is 39.1 Å². The Hall–Kier alpha value is -4.02. The van der Waals surface area contributed by atoms with Gasteiger partial charge in [0.25, 0.3) is 5.56 Å². The van der Waals surface area contributed by atoms with Crippen LogP contribution in [0.15, 0.2) is 53.0 Å². The van der Waals surface area contributed by atoms with E-state index in [0.29, 0.717) is 5.82 Å². The normalized spacial score (nSPS) is 11.1. The second kappa shape index (κ2) is 7.19. The summed E-state index contributed by atoms with van der Waals surface area (Å²) in [6.45, 7) is -0.155. The summed E-state index contributed by atoms with van der Waals surface area (Å²) in [6, 6.07) is 3.59. The highest BCUT2D eigenvalue weighted by Gasteiger charge is 2.16. The molecule has 29 heavy (non-hydrogen) atoms. The van der Waals surface area contributed by atoms with Gasteiger partial charge in [0.05, 0.1) is 6.33 Å². The molecular weight excluding hydrogens is 376 g/mol. The third-order valence-electron chi connectivity index (χ3n) is 4.57. The van der Waals surface area contributed by atoms with E-state index in [-0.39, 0.29) is 24.3 Å². The number of amides is 1. The Balaban J connectivity index is 1.53. The second-order valence-electron chi connectivity index (χ2n) is 6.53. The minimum absolute atomic E-state index is 0.228. The van der Waals surface area contributed by atoms with Crippen LogP contribution in [0.4, 0.5) is 0 Å². The van der Waals surface area contributed by atoms with Crippen molar-refractivity contribution in [1.82, 2.24) is 38.5 Å². The van der Waals surface area contributed by atoms with E-state index in [0.717, 1.165) is 10.1 Å². The number of nitrogens with zero attached hydrogens (tertiary/aromatic N) is 7. The van der Waals surface area contributed by atoms with E-state index in [1.54, 1.807) is 42.6 Å². The first-order valence-electron chi connectivity index (χ1n) is 8.76. The van der Waals surface area contributed by atoms with E-state index in [1.165, 1.54) is 22.5 Å². The molecule has 0 radical (unpaired) electrons. The number of aryl methyl sites for hydroxylation is 2. The standard InChI is InChI=1S/C18H18N8O3/c1-23-11-22-16-15(23)17(28)26(18(29)24(16)2)9-14(27)21-8-12-3-4-20-13(7-12)25-6-5-19-10-25/h3-7,10-11H,8-9H2,1-2H3,(H,21,27). The number of carbonyl (C=O) groups is 1. The summed E-state index contributed by atoms with van der Waals surface area (Å²) in [5, 5.41) is 2.73. The van der Waals surface area contributed by atoms with Gasteiger partial charge in [0.15, 0.2) is 11.2 Å². The van der Waals surface area contributed by atoms with Crippen molar-refractivity contribution in [1.29, 1.82) is 0 Å². The van der Waals surface area contributed by atoms with Gasteiger partial charge in [-0.05, 0) is 17.7 Å². The minimum Gasteiger partial charge on any atom is -0.350 e. The molecule has 4 rings (SSSR count). The van der Waals surface area contributed by atoms with Gasteiger partial charge in [0, 0.05) is 39.2 Å². The molecule has 11 heteroatoms. The highest BCUT2D eigenvalue weighted by Crippen LogP contribution is 2.07. The molecule has 0 aliphatic rings. The van der Waals surface area contributed by atoms with E-state index in [9.17, 15) is 14.4 Å². The van der Waals surface area contributed by atoms with Gasteiger partial charge in [-0.1, -0.05) is 0 Å². The van der Waals surface area contributed by atoms with Crippen LogP contribution < -0.4 is 16.6 Å². The fourth-order valence-electron chi connectivity index (χ4n) is 3.04. The quantitative estimate of drug-likeness (QED) is 0.479. The number of carbonyl (C=O) groups excluding carboxylic acids is 1. The molecule has 1 N–H and O–H groups in total. The van der Waals surface area contributed by atoms with Gasteiger partial charge in [-0.3, -0.25) is 18.7 Å². The van der Waals surface area contributed by atoms with Crippen molar-refractivity contribution >= 4 is 17.1 Å². The van der Waals surface area contributed by atoms with Crippen molar-refractivity contribution < 1.29 is 4.79 Å². The lowest BCUT2D eigenvalue weighted by Crippen LogP contribution is -2.43. The van der Waals surface area contributed by atoms with E-state index in [4.69, 9.17) is 0 Å². The number of fused-ring (bicyclic) bond motifs is 1.